The smallest absolute Gasteiger partial charge is 0.307 e. The summed E-state index contributed by atoms with van der Waals surface area (Å²) >= 11 is 0. The number of nitrogens with zero attached hydrogens (tertiary/aromatic N) is 1. The van der Waals surface area contributed by atoms with Crippen LogP contribution in [0.15, 0.2) is 5.16 Å². The molecule has 0 saturated carbocycles. The number of hydrogen-bond donors (Lipinski definition) is 2. The Labute approximate surface area is 71.2 Å². The van der Waals surface area contributed by atoms with Crippen molar-refractivity contribution in [3.63, 3.8) is 0 Å². The predicted molar refractivity (Wildman–Crippen MR) is 44.1 cm³/mol. The van der Waals surface area contributed by atoms with Gasteiger partial charge < -0.3 is 15.7 Å². The lowest BCUT2D eigenvalue weighted by Gasteiger charge is -2.08. The number of carbonyl (C=O) groups excluding carboxylic acids is 1. The van der Waals surface area contributed by atoms with E-state index in [9.17, 15) is 4.79 Å². The van der Waals surface area contributed by atoms with Crippen LogP contribution in [-0.2, 0) is 9.53 Å². The molecule has 0 aliphatic carbocycles. The highest BCUT2D eigenvalue weighted by Crippen LogP contribution is 1.94. The molecule has 70 valence electrons. The zero-order valence-electron chi connectivity index (χ0n) is 7.28. The molecule has 0 radical (unpaired) electrons. The zero-order valence-corrected chi connectivity index (χ0v) is 7.28. The van der Waals surface area contributed by atoms with Crippen molar-refractivity contribution in [3.05, 3.63) is 0 Å². The molecule has 1 unspecified atom stereocenters. The lowest BCUT2D eigenvalue weighted by atomic mass is 10.1. The van der Waals surface area contributed by atoms with Gasteiger partial charge in [0.1, 0.15) is 0 Å². The van der Waals surface area contributed by atoms with Gasteiger partial charge in [-0.05, 0) is 13.8 Å². The van der Waals surface area contributed by atoms with Crippen molar-refractivity contribution in [2.75, 3.05) is 6.61 Å². The molecule has 1 atom stereocenters. The number of rotatable bonds is 4. The summed E-state index contributed by atoms with van der Waals surface area (Å²) in [5, 5.41) is 11.2. The first-order valence-corrected chi connectivity index (χ1v) is 3.71. The summed E-state index contributed by atoms with van der Waals surface area (Å²) < 4.78 is 4.65. The van der Waals surface area contributed by atoms with Crippen molar-refractivity contribution >= 4 is 11.7 Å². The first-order valence-electron chi connectivity index (χ1n) is 3.71. The maximum absolute atomic E-state index is 10.8. The molecule has 0 aromatic rings. The quantitative estimate of drug-likeness (QED) is 0.274. The molecule has 0 bridgehead atoms. The third-order valence-corrected chi connectivity index (χ3v) is 1.39. The SMILES string of the molecule is CCOC(=O)CC(N)/C(C)=N\O. The summed E-state index contributed by atoms with van der Waals surface area (Å²) in [5.41, 5.74) is 5.79. The van der Waals surface area contributed by atoms with Gasteiger partial charge in [0.25, 0.3) is 0 Å². The molecule has 0 aliphatic heterocycles. The summed E-state index contributed by atoms with van der Waals surface area (Å²) in [6.07, 6.45) is 0.0454. The summed E-state index contributed by atoms with van der Waals surface area (Å²) in [4.78, 5) is 10.8. The fraction of sp³-hybridized carbons (Fsp3) is 0.714. The first kappa shape index (κ1) is 10.9. The topological polar surface area (TPSA) is 84.9 Å². The number of esters is 1. The van der Waals surface area contributed by atoms with Crippen LogP contribution in [0.25, 0.3) is 0 Å². The second-order valence-corrected chi connectivity index (χ2v) is 2.36. The van der Waals surface area contributed by atoms with E-state index in [4.69, 9.17) is 10.9 Å². The Kier molecular flexibility index (Phi) is 5.03. The van der Waals surface area contributed by atoms with Gasteiger partial charge >= 0.3 is 5.97 Å². The van der Waals surface area contributed by atoms with Crippen LogP contribution in [0.5, 0.6) is 0 Å². The molecule has 0 spiro atoms. The Morgan fingerprint density at radius 1 is 1.75 bits per heavy atom. The molecule has 0 rings (SSSR count). The van der Waals surface area contributed by atoms with Crippen molar-refractivity contribution in [2.45, 2.75) is 26.3 Å². The number of hydrogen-bond acceptors (Lipinski definition) is 5. The molecule has 0 aromatic carbocycles. The fourth-order valence-electron chi connectivity index (χ4n) is 0.621. The van der Waals surface area contributed by atoms with Gasteiger partial charge in [-0.3, -0.25) is 4.79 Å². The van der Waals surface area contributed by atoms with Crippen LogP contribution in [0.2, 0.25) is 0 Å². The van der Waals surface area contributed by atoms with Crippen molar-refractivity contribution in [3.8, 4) is 0 Å². The lowest BCUT2D eigenvalue weighted by Crippen LogP contribution is -2.31. The Morgan fingerprint density at radius 3 is 2.75 bits per heavy atom. The minimum atomic E-state index is -0.561. The monoisotopic (exact) mass is 174 g/mol. The first-order chi connectivity index (χ1) is 5.61. The van der Waals surface area contributed by atoms with Gasteiger partial charge in [0, 0.05) is 0 Å². The highest BCUT2D eigenvalue weighted by molar-refractivity contribution is 5.90. The second-order valence-electron chi connectivity index (χ2n) is 2.36. The van der Waals surface area contributed by atoms with Crippen molar-refractivity contribution in [1.29, 1.82) is 0 Å². The van der Waals surface area contributed by atoms with Gasteiger partial charge in [0.15, 0.2) is 0 Å². The molecule has 12 heavy (non-hydrogen) atoms. The van der Waals surface area contributed by atoms with E-state index in [0.717, 1.165) is 0 Å². The Hall–Kier alpha value is -1.10. The average Bonchev–Trinajstić information content (AvgIpc) is 2.03. The van der Waals surface area contributed by atoms with E-state index in [1.807, 2.05) is 0 Å². The van der Waals surface area contributed by atoms with E-state index in [0.29, 0.717) is 12.3 Å². The number of oxime groups is 1. The van der Waals surface area contributed by atoms with Gasteiger partial charge in [-0.25, -0.2) is 0 Å². The summed E-state index contributed by atoms with van der Waals surface area (Å²) in [6, 6.07) is -0.561. The molecule has 5 nitrogen and oxygen atoms in total. The van der Waals surface area contributed by atoms with E-state index < -0.39 is 6.04 Å². The van der Waals surface area contributed by atoms with Crippen LogP contribution in [0.4, 0.5) is 0 Å². The minimum Gasteiger partial charge on any atom is -0.466 e. The number of ether oxygens (including phenoxy) is 1. The largest absolute Gasteiger partial charge is 0.466 e. The molecular formula is C7H14N2O3. The van der Waals surface area contributed by atoms with E-state index >= 15 is 0 Å². The van der Waals surface area contributed by atoms with Crippen LogP contribution < -0.4 is 5.73 Å². The molecule has 0 amide bonds. The maximum atomic E-state index is 10.8. The molecule has 0 heterocycles. The van der Waals surface area contributed by atoms with Gasteiger partial charge in [-0.1, -0.05) is 5.16 Å². The summed E-state index contributed by atoms with van der Waals surface area (Å²) in [6.45, 7) is 3.60. The summed E-state index contributed by atoms with van der Waals surface area (Å²) in [5.74, 6) is -0.381. The average molecular weight is 174 g/mol. The molecule has 3 N–H and O–H groups in total. The molecule has 0 aromatic heterocycles. The number of nitrogens with two attached hydrogens (primary N) is 1. The molecule has 0 saturated heterocycles. The lowest BCUT2D eigenvalue weighted by molar-refractivity contribution is -0.143. The van der Waals surface area contributed by atoms with Crippen molar-refractivity contribution in [1.82, 2.24) is 0 Å². The highest BCUT2D eigenvalue weighted by atomic mass is 16.5. The highest BCUT2D eigenvalue weighted by Gasteiger charge is 2.12. The van der Waals surface area contributed by atoms with Crippen LogP contribution in [0.1, 0.15) is 20.3 Å². The third-order valence-electron chi connectivity index (χ3n) is 1.39. The van der Waals surface area contributed by atoms with Crippen LogP contribution in [0.3, 0.4) is 0 Å². The van der Waals surface area contributed by atoms with Crippen LogP contribution >= 0.6 is 0 Å². The van der Waals surface area contributed by atoms with E-state index in [2.05, 4.69) is 9.89 Å². The van der Waals surface area contributed by atoms with E-state index in [1.165, 1.54) is 0 Å². The van der Waals surface area contributed by atoms with Crippen LogP contribution in [-0.4, -0.2) is 29.5 Å². The zero-order chi connectivity index (χ0) is 9.56. The predicted octanol–water partition coefficient (Wildman–Crippen LogP) is 0.117. The summed E-state index contributed by atoms with van der Waals surface area (Å²) in [7, 11) is 0. The van der Waals surface area contributed by atoms with E-state index in [-0.39, 0.29) is 12.4 Å². The Morgan fingerprint density at radius 2 is 2.33 bits per heavy atom. The molecular weight excluding hydrogens is 160 g/mol. The van der Waals surface area contributed by atoms with Crippen molar-refractivity contribution in [2.24, 2.45) is 10.9 Å². The molecule has 5 heteroatoms. The van der Waals surface area contributed by atoms with Gasteiger partial charge in [0.2, 0.25) is 0 Å². The van der Waals surface area contributed by atoms with Crippen LogP contribution in [0, 0.1) is 0 Å². The van der Waals surface area contributed by atoms with Gasteiger partial charge in [-0.2, -0.15) is 0 Å². The maximum Gasteiger partial charge on any atom is 0.307 e. The normalized spacial score (nSPS) is 14.1. The molecule has 0 fully saturated rings. The standard InChI is InChI=1S/C7H14N2O3/c1-3-12-7(10)4-6(8)5(2)9-11/h6,11H,3-4,8H2,1-2H3/b9-5-. The van der Waals surface area contributed by atoms with E-state index in [1.54, 1.807) is 13.8 Å². The molecule has 0 aliphatic rings. The van der Waals surface area contributed by atoms with Gasteiger partial charge in [-0.15, -0.1) is 0 Å². The Bertz CT molecular complexity index is 179. The minimum absolute atomic E-state index is 0.0454. The van der Waals surface area contributed by atoms with Gasteiger partial charge in [0.05, 0.1) is 24.8 Å². The number of carbonyl (C=O) groups is 1. The Balaban J connectivity index is 3.84. The third kappa shape index (κ3) is 3.92. The second kappa shape index (κ2) is 5.54. The fourth-order valence-corrected chi connectivity index (χ4v) is 0.621. The van der Waals surface area contributed by atoms with Crippen molar-refractivity contribution < 1.29 is 14.7 Å².